The molecule has 92 valence electrons. The molecule has 17 heavy (non-hydrogen) atoms. The molecule has 1 aromatic rings. The molecule has 0 aliphatic carbocycles. The molecule has 3 N–H and O–H groups in total. The van der Waals surface area contributed by atoms with E-state index in [2.05, 4.69) is 0 Å². The predicted molar refractivity (Wildman–Crippen MR) is 56.2 cm³/mol. The van der Waals surface area contributed by atoms with Gasteiger partial charge in [-0.05, 0) is 13.0 Å². The van der Waals surface area contributed by atoms with Crippen molar-refractivity contribution in [3.05, 3.63) is 17.2 Å². The van der Waals surface area contributed by atoms with Gasteiger partial charge in [-0.15, -0.1) is 0 Å². The van der Waals surface area contributed by atoms with Gasteiger partial charge in [0.05, 0.1) is 24.3 Å². The zero-order valence-corrected chi connectivity index (χ0v) is 9.30. The Morgan fingerprint density at radius 1 is 1.47 bits per heavy atom. The summed E-state index contributed by atoms with van der Waals surface area (Å²) in [7, 11) is 1.27. The minimum atomic E-state index is -0.972. The molecule has 0 spiro atoms. The van der Waals surface area contributed by atoms with Gasteiger partial charge in [-0.1, -0.05) is 0 Å². The van der Waals surface area contributed by atoms with Gasteiger partial charge in [-0.25, -0.2) is 4.79 Å². The lowest BCUT2D eigenvalue weighted by Crippen LogP contribution is -2.14. The van der Waals surface area contributed by atoms with E-state index in [1.54, 1.807) is 0 Å². The van der Waals surface area contributed by atoms with Crippen LogP contribution in [0.15, 0.2) is 6.07 Å². The minimum absolute atomic E-state index is 0.0340. The van der Waals surface area contributed by atoms with Gasteiger partial charge < -0.3 is 24.8 Å². The highest BCUT2D eigenvalue weighted by Crippen LogP contribution is 2.48. The summed E-state index contributed by atoms with van der Waals surface area (Å²) < 4.78 is 9.73. The molecule has 1 heterocycles. The maximum Gasteiger partial charge on any atom is 0.339 e. The number of aliphatic hydroxyl groups is 1. The fraction of sp³-hybridized carbons (Fsp3) is 0.364. The van der Waals surface area contributed by atoms with Crippen LogP contribution in [0.5, 0.6) is 17.2 Å². The van der Waals surface area contributed by atoms with Crippen LogP contribution in [0, 0.1) is 0 Å². The lowest BCUT2D eigenvalue weighted by atomic mass is 9.99. The number of ether oxygens (including phenoxy) is 2. The van der Waals surface area contributed by atoms with E-state index in [1.807, 2.05) is 0 Å². The highest BCUT2D eigenvalue weighted by molar-refractivity contribution is 5.96. The van der Waals surface area contributed by atoms with E-state index < -0.39 is 18.2 Å². The zero-order valence-electron chi connectivity index (χ0n) is 9.30. The smallest absolute Gasteiger partial charge is 0.339 e. The fourth-order valence-electron chi connectivity index (χ4n) is 1.89. The second kappa shape index (κ2) is 3.81. The van der Waals surface area contributed by atoms with Crippen molar-refractivity contribution in [1.82, 2.24) is 0 Å². The van der Waals surface area contributed by atoms with Crippen molar-refractivity contribution in [3.63, 3.8) is 0 Å². The first-order valence-electron chi connectivity index (χ1n) is 4.99. The number of rotatable bonds is 2. The number of carbonyl (C=O) groups excluding carboxylic acids is 1. The van der Waals surface area contributed by atoms with Crippen LogP contribution in [0.3, 0.4) is 0 Å². The van der Waals surface area contributed by atoms with E-state index in [1.165, 1.54) is 14.0 Å². The first-order chi connectivity index (χ1) is 7.97. The van der Waals surface area contributed by atoms with Gasteiger partial charge in [0, 0.05) is 0 Å². The summed E-state index contributed by atoms with van der Waals surface area (Å²) in [5.74, 6) is -1.59. The average molecular weight is 240 g/mol. The first-order valence-corrected chi connectivity index (χ1v) is 4.99. The van der Waals surface area contributed by atoms with Crippen LogP contribution in [-0.4, -0.2) is 34.5 Å². The SMILES string of the molecule is COc1c(O)cc2c(c1O)[C@@H]([C@@H](C)O)OC2=O. The Kier molecular flexibility index (Phi) is 2.59. The molecule has 0 amide bonds. The summed E-state index contributed by atoms with van der Waals surface area (Å²) in [5.41, 5.74) is 0.173. The molecular formula is C11H12O6. The lowest BCUT2D eigenvalue weighted by molar-refractivity contribution is -0.00334. The van der Waals surface area contributed by atoms with Crippen LogP contribution >= 0.6 is 0 Å². The molecule has 0 radical (unpaired) electrons. The lowest BCUT2D eigenvalue weighted by Gasteiger charge is -2.16. The third-order valence-corrected chi connectivity index (χ3v) is 2.65. The van der Waals surface area contributed by atoms with Gasteiger partial charge in [0.1, 0.15) is 0 Å². The Balaban J connectivity index is 2.67. The van der Waals surface area contributed by atoms with Crippen molar-refractivity contribution in [1.29, 1.82) is 0 Å². The molecule has 0 saturated heterocycles. The Bertz CT molecular complexity index is 479. The van der Waals surface area contributed by atoms with Gasteiger partial charge in [0.2, 0.25) is 5.75 Å². The van der Waals surface area contributed by atoms with Crippen LogP contribution in [0.25, 0.3) is 0 Å². The molecule has 0 saturated carbocycles. The van der Waals surface area contributed by atoms with Crippen molar-refractivity contribution in [2.24, 2.45) is 0 Å². The number of aromatic hydroxyl groups is 2. The van der Waals surface area contributed by atoms with E-state index in [9.17, 15) is 20.1 Å². The monoisotopic (exact) mass is 240 g/mol. The number of phenolic OH excluding ortho intramolecular Hbond substituents is 2. The van der Waals surface area contributed by atoms with Crippen LogP contribution in [0.2, 0.25) is 0 Å². The molecule has 1 aliphatic heterocycles. The highest BCUT2D eigenvalue weighted by Gasteiger charge is 2.39. The van der Waals surface area contributed by atoms with Crippen molar-refractivity contribution in [2.45, 2.75) is 19.1 Å². The quantitative estimate of drug-likeness (QED) is 0.658. The summed E-state index contributed by atoms with van der Waals surface area (Å²) >= 11 is 0. The number of fused-ring (bicyclic) bond motifs is 1. The van der Waals surface area contributed by atoms with Crippen LogP contribution in [0.1, 0.15) is 28.9 Å². The van der Waals surface area contributed by atoms with Crippen LogP contribution in [0.4, 0.5) is 0 Å². The van der Waals surface area contributed by atoms with Crippen LogP contribution < -0.4 is 4.74 Å². The first kappa shape index (κ1) is 11.5. The molecule has 0 bridgehead atoms. The Labute approximate surface area is 97.0 Å². The van der Waals surface area contributed by atoms with E-state index in [-0.39, 0.29) is 28.4 Å². The summed E-state index contributed by atoms with van der Waals surface area (Å²) in [5, 5.41) is 28.9. The molecular weight excluding hydrogens is 228 g/mol. The summed E-state index contributed by atoms with van der Waals surface area (Å²) in [6.45, 7) is 1.44. The zero-order chi connectivity index (χ0) is 12.7. The molecule has 6 nitrogen and oxygen atoms in total. The maximum absolute atomic E-state index is 11.5. The highest BCUT2D eigenvalue weighted by atomic mass is 16.6. The van der Waals surface area contributed by atoms with Crippen molar-refractivity contribution in [3.8, 4) is 17.2 Å². The largest absolute Gasteiger partial charge is 0.504 e. The second-order valence-electron chi connectivity index (χ2n) is 3.81. The number of hydrogen-bond acceptors (Lipinski definition) is 6. The molecule has 1 aromatic carbocycles. The van der Waals surface area contributed by atoms with E-state index >= 15 is 0 Å². The Hall–Kier alpha value is -1.95. The van der Waals surface area contributed by atoms with E-state index in [4.69, 9.17) is 9.47 Å². The van der Waals surface area contributed by atoms with E-state index in [0.29, 0.717) is 0 Å². The van der Waals surface area contributed by atoms with E-state index in [0.717, 1.165) is 6.07 Å². The number of carbonyl (C=O) groups is 1. The molecule has 0 unspecified atom stereocenters. The summed E-state index contributed by atoms with van der Waals surface area (Å²) in [6, 6.07) is 1.15. The number of cyclic esters (lactones) is 1. The standard InChI is InChI=1S/C11H12O6/c1-4(12)9-7-5(11(15)17-9)3-6(13)10(16-2)8(7)14/h3-4,9,12-14H,1-2H3/t4-,9-/m1/s1. The molecule has 0 fully saturated rings. The average Bonchev–Trinajstić information content (AvgIpc) is 2.57. The maximum atomic E-state index is 11.5. The summed E-state index contributed by atoms with van der Waals surface area (Å²) in [6.07, 6.45) is -1.92. The Morgan fingerprint density at radius 2 is 2.12 bits per heavy atom. The normalized spacial score (nSPS) is 19.7. The third-order valence-electron chi connectivity index (χ3n) is 2.65. The number of esters is 1. The van der Waals surface area contributed by atoms with Crippen LogP contribution in [-0.2, 0) is 4.74 Å². The van der Waals surface area contributed by atoms with Crippen molar-refractivity contribution in [2.75, 3.05) is 7.11 Å². The van der Waals surface area contributed by atoms with Gasteiger partial charge >= 0.3 is 5.97 Å². The van der Waals surface area contributed by atoms with Gasteiger partial charge in [0.25, 0.3) is 0 Å². The number of hydrogen-bond donors (Lipinski definition) is 3. The molecule has 2 atom stereocenters. The van der Waals surface area contributed by atoms with Gasteiger partial charge in [-0.3, -0.25) is 0 Å². The molecule has 0 aromatic heterocycles. The number of methoxy groups -OCH3 is 1. The second-order valence-corrected chi connectivity index (χ2v) is 3.81. The predicted octanol–water partition coefficient (Wildman–Crippen LogP) is 0.699. The molecule has 6 heteroatoms. The van der Waals surface area contributed by atoms with Crippen molar-refractivity contribution >= 4 is 5.97 Å². The minimum Gasteiger partial charge on any atom is -0.504 e. The number of benzene rings is 1. The van der Waals surface area contributed by atoms with Gasteiger partial charge in [-0.2, -0.15) is 0 Å². The fourth-order valence-corrected chi connectivity index (χ4v) is 1.89. The topological polar surface area (TPSA) is 96.2 Å². The number of phenols is 2. The summed E-state index contributed by atoms with van der Waals surface area (Å²) in [4.78, 5) is 11.5. The van der Waals surface area contributed by atoms with Crippen molar-refractivity contribution < 1.29 is 29.6 Å². The molecule has 2 rings (SSSR count). The Morgan fingerprint density at radius 3 is 2.65 bits per heavy atom. The van der Waals surface area contributed by atoms with Gasteiger partial charge in [0.15, 0.2) is 17.6 Å². The third kappa shape index (κ3) is 1.57. The molecule has 1 aliphatic rings. The number of aliphatic hydroxyl groups excluding tert-OH is 1.